The molecule has 0 saturated carbocycles. The summed E-state index contributed by atoms with van der Waals surface area (Å²) < 4.78 is 0. The summed E-state index contributed by atoms with van der Waals surface area (Å²) in [4.78, 5) is 17.0. The smallest absolute Gasteiger partial charge is 0.266 e. The van der Waals surface area contributed by atoms with Crippen molar-refractivity contribution in [2.24, 2.45) is 0 Å². The van der Waals surface area contributed by atoms with Gasteiger partial charge in [-0.2, -0.15) is 12.6 Å². The largest absolute Gasteiger partial charge is 0.326 e. The molecule has 0 unspecified atom stereocenters. The van der Waals surface area contributed by atoms with Crippen LogP contribution in [0.4, 0.5) is 0 Å². The lowest BCUT2D eigenvalue weighted by molar-refractivity contribution is 1.12. The van der Waals surface area contributed by atoms with Gasteiger partial charge in [-0.1, -0.05) is 6.08 Å². The van der Waals surface area contributed by atoms with E-state index in [1.165, 1.54) is 6.20 Å². The van der Waals surface area contributed by atoms with Gasteiger partial charge in [-0.15, -0.1) is 0 Å². The van der Waals surface area contributed by atoms with Gasteiger partial charge in [0.25, 0.3) is 5.56 Å². The van der Waals surface area contributed by atoms with E-state index in [1.54, 1.807) is 6.20 Å². The van der Waals surface area contributed by atoms with Crippen LogP contribution in [0.1, 0.15) is 12.1 Å². The molecule has 0 saturated heterocycles. The second-order valence-corrected chi connectivity index (χ2v) is 2.70. The molecule has 0 spiro atoms. The molecule has 0 atom stereocenters. The Hall–Kier alpha value is -1.03. The van der Waals surface area contributed by atoms with Gasteiger partial charge in [0.1, 0.15) is 0 Å². The van der Waals surface area contributed by atoms with E-state index >= 15 is 0 Å². The number of hydrogen-bond acceptors (Lipinski definition) is 3. The van der Waals surface area contributed by atoms with Crippen molar-refractivity contribution in [3.05, 3.63) is 34.5 Å². The Kier molecular flexibility index (Phi) is 3.60. The number of allylic oxidation sites excluding steroid dienone is 1. The summed E-state index contributed by atoms with van der Waals surface area (Å²) in [6.45, 7) is 0. The van der Waals surface area contributed by atoms with Gasteiger partial charge in [0.05, 0.1) is 11.9 Å². The molecule has 0 aliphatic carbocycles. The van der Waals surface area contributed by atoms with E-state index in [1.807, 2.05) is 12.2 Å². The summed E-state index contributed by atoms with van der Waals surface area (Å²) in [5, 5.41) is 0. The van der Waals surface area contributed by atoms with Crippen LogP contribution in [0.25, 0.3) is 6.08 Å². The molecule has 1 heterocycles. The Bertz CT molecular complexity index is 299. The van der Waals surface area contributed by atoms with Gasteiger partial charge >= 0.3 is 0 Å². The summed E-state index contributed by atoms with van der Waals surface area (Å²) in [5.41, 5.74) is 0.581. The molecule has 0 bridgehead atoms. The molecule has 0 aromatic carbocycles. The van der Waals surface area contributed by atoms with Gasteiger partial charge in [0, 0.05) is 6.20 Å². The summed E-state index contributed by atoms with van der Waals surface area (Å²) in [6.07, 6.45) is 7.57. The quantitative estimate of drug-likeness (QED) is 0.688. The van der Waals surface area contributed by atoms with E-state index in [0.717, 1.165) is 17.9 Å². The third kappa shape index (κ3) is 2.92. The van der Waals surface area contributed by atoms with Gasteiger partial charge in [-0.3, -0.25) is 4.79 Å². The van der Waals surface area contributed by atoms with Crippen LogP contribution in [0.5, 0.6) is 0 Å². The molecule has 0 fully saturated rings. The van der Waals surface area contributed by atoms with Gasteiger partial charge in [-0.25, -0.2) is 4.98 Å². The molecule has 0 aliphatic heterocycles. The van der Waals surface area contributed by atoms with Crippen molar-refractivity contribution in [3.8, 4) is 0 Å². The van der Waals surface area contributed by atoms with E-state index in [4.69, 9.17) is 0 Å². The highest BCUT2D eigenvalue weighted by molar-refractivity contribution is 7.80. The number of hydrogen-bond donors (Lipinski definition) is 2. The van der Waals surface area contributed by atoms with Gasteiger partial charge in [-0.05, 0) is 18.2 Å². The number of aromatic amines is 1. The molecular formula is C8H10N2OS. The minimum Gasteiger partial charge on any atom is -0.326 e. The molecule has 4 heteroatoms. The number of H-pyrrole nitrogens is 1. The second-order valence-electron chi connectivity index (χ2n) is 2.25. The predicted molar refractivity (Wildman–Crippen MR) is 52.4 cm³/mol. The predicted octanol–water partition coefficient (Wildman–Crippen LogP) is 1.10. The van der Waals surface area contributed by atoms with Crippen molar-refractivity contribution in [1.29, 1.82) is 0 Å². The zero-order chi connectivity index (χ0) is 8.81. The number of thiol groups is 1. The Morgan fingerprint density at radius 3 is 3.08 bits per heavy atom. The van der Waals surface area contributed by atoms with Crippen LogP contribution in [0.15, 0.2) is 23.3 Å². The lowest BCUT2D eigenvalue weighted by atomic mass is 10.3. The SMILES string of the molecule is O=c1cnc(C=CCCS)c[nH]1. The number of aromatic nitrogens is 2. The first-order valence-corrected chi connectivity index (χ1v) is 4.28. The second kappa shape index (κ2) is 4.77. The van der Waals surface area contributed by atoms with E-state index in [9.17, 15) is 4.79 Å². The molecule has 0 amide bonds. The zero-order valence-corrected chi connectivity index (χ0v) is 7.42. The zero-order valence-electron chi connectivity index (χ0n) is 6.53. The van der Waals surface area contributed by atoms with Crippen LogP contribution < -0.4 is 5.56 Å². The lowest BCUT2D eigenvalue weighted by Crippen LogP contribution is -2.04. The minimum atomic E-state index is -0.179. The lowest BCUT2D eigenvalue weighted by Gasteiger charge is -1.89. The molecule has 1 N–H and O–H groups in total. The summed E-state index contributed by atoms with van der Waals surface area (Å²) in [7, 11) is 0. The number of nitrogens with one attached hydrogen (secondary N) is 1. The van der Waals surface area contributed by atoms with E-state index in [2.05, 4.69) is 22.6 Å². The van der Waals surface area contributed by atoms with Crippen LogP contribution in [0, 0.1) is 0 Å². The van der Waals surface area contributed by atoms with E-state index in [0.29, 0.717) is 0 Å². The van der Waals surface area contributed by atoms with Crippen LogP contribution >= 0.6 is 12.6 Å². The average molecular weight is 182 g/mol. The summed E-state index contributed by atoms with van der Waals surface area (Å²) in [5.74, 6) is 0.819. The molecular weight excluding hydrogens is 172 g/mol. The molecule has 1 aromatic heterocycles. The Morgan fingerprint density at radius 2 is 2.50 bits per heavy atom. The molecule has 1 aromatic rings. The van der Waals surface area contributed by atoms with E-state index < -0.39 is 0 Å². The molecule has 0 aliphatic rings. The first-order valence-electron chi connectivity index (χ1n) is 3.65. The van der Waals surface area contributed by atoms with Gasteiger partial charge in [0.2, 0.25) is 0 Å². The minimum absolute atomic E-state index is 0.179. The van der Waals surface area contributed by atoms with Crippen molar-refractivity contribution in [1.82, 2.24) is 9.97 Å². The average Bonchev–Trinajstić information content (AvgIpc) is 2.09. The molecule has 0 radical (unpaired) electrons. The van der Waals surface area contributed by atoms with Gasteiger partial charge < -0.3 is 4.98 Å². The standard InChI is InChI=1S/C8H10N2OS/c11-8-6-9-7(5-10-8)3-1-2-4-12/h1,3,5-6,12H,2,4H2,(H,10,11). The van der Waals surface area contributed by atoms with Crippen LogP contribution in [0.3, 0.4) is 0 Å². The fourth-order valence-corrected chi connectivity index (χ4v) is 0.872. The Labute approximate surface area is 76.0 Å². The fraction of sp³-hybridized carbons (Fsp3) is 0.250. The highest BCUT2D eigenvalue weighted by atomic mass is 32.1. The first-order chi connectivity index (χ1) is 5.83. The van der Waals surface area contributed by atoms with Crippen molar-refractivity contribution >= 4 is 18.7 Å². The molecule has 64 valence electrons. The van der Waals surface area contributed by atoms with Gasteiger partial charge in [0.15, 0.2) is 0 Å². The monoisotopic (exact) mass is 182 g/mol. The third-order valence-electron chi connectivity index (χ3n) is 1.28. The maximum Gasteiger partial charge on any atom is 0.266 e. The maximum absolute atomic E-state index is 10.6. The number of rotatable bonds is 3. The van der Waals surface area contributed by atoms with E-state index in [-0.39, 0.29) is 5.56 Å². The molecule has 1 rings (SSSR count). The fourth-order valence-electron chi connectivity index (χ4n) is 0.723. The van der Waals surface area contributed by atoms with Crippen molar-refractivity contribution in [2.45, 2.75) is 6.42 Å². The van der Waals surface area contributed by atoms with Crippen LogP contribution in [-0.4, -0.2) is 15.7 Å². The van der Waals surface area contributed by atoms with Crippen molar-refractivity contribution in [2.75, 3.05) is 5.75 Å². The number of nitrogens with zero attached hydrogens (tertiary/aromatic N) is 1. The topological polar surface area (TPSA) is 45.8 Å². The Morgan fingerprint density at radius 1 is 1.67 bits per heavy atom. The first kappa shape index (κ1) is 9.06. The summed E-state index contributed by atoms with van der Waals surface area (Å²) >= 11 is 4.05. The molecule has 12 heavy (non-hydrogen) atoms. The van der Waals surface area contributed by atoms with Crippen molar-refractivity contribution < 1.29 is 0 Å². The maximum atomic E-state index is 10.6. The molecule has 3 nitrogen and oxygen atoms in total. The Balaban J connectivity index is 2.64. The normalized spacial score (nSPS) is 10.8. The highest BCUT2D eigenvalue weighted by Crippen LogP contribution is 1.94. The van der Waals surface area contributed by atoms with Crippen LogP contribution in [0.2, 0.25) is 0 Å². The van der Waals surface area contributed by atoms with Crippen LogP contribution in [-0.2, 0) is 0 Å². The highest BCUT2D eigenvalue weighted by Gasteiger charge is 1.86. The van der Waals surface area contributed by atoms with Crippen molar-refractivity contribution in [3.63, 3.8) is 0 Å². The summed E-state index contributed by atoms with van der Waals surface area (Å²) in [6, 6.07) is 0. The third-order valence-corrected chi connectivity index (χ3v) is 1.54.